The lowest BCUT2D eigenvalue weighted by Crippen LogP contribution is -2.22. The van der Waals surface area contributed by atoms with E-state index >= 15 is 0 Å². The van der Waals surface area contributed by atoms with E-state index in [0.29, 0.717) is 39.6 Å². The molecule has 0 aliphatic carbocycles. The lowest BCUT2D eigenvalue weighted by Gasteiger charge is -2.15. The van der Waals surface area contributed by atoms with Crippen molar-refractivity contribution in [2.24, 2.45) is 0 Å². The molecule has 1 amide bonds. The predicted molar refractivity (Wildman–Crippen MR) is 149 cm³/mol. The highest BCUT2D eigenvalue weighted by Crippen LogP contribution is 2.36. The summed E-state index contributed by atoms with van der Waals surface area (Å²) in [5.41, 5.74) is 2.70. The quantitative estimate of drug-likeness (QED) is 0.250. The van der Waals surface area contributed by atoms with Crippen LogP contribution in [0.3, 0.4) is 0 Å². The molecule has 0 fully saturated rings. The van der Waals surface area contributed by atoms with Gasteiger partial charge in [-0.25, -0.2) is 4.21 Å². The fraction of sp³-hybridized carbons (Fsp3) is 0.269. The van der Waals surface area contributed by atoms with Crippen LogP contribution in [0.1, 0.15) is 30.4 Å². The number of nitrogens with zero attached hydrogens (tertiary/aromatic N) is 3. The predicted octanol–water partition coefficient (Wildman–Crippen LogP) is 4.84. The molecular weight excluding hydrogens is 548 g/mol. The number of aromatic nitrogens is 2. The van der Waals surface area contributed by atoms with Crippen molar-refractivity contribution < 1.29 is 23.6 Å². The molecule has 4 rings (SSSR count). The van der Waals surface area contributed by atoms with Crippen molar-refractivity contribution in [1.82, 2.24) is 15.1 Å². The van der Waals surface area contributed by atoms with Gasteiger partial charge in [-0.05, 0) is 41.8 Å². The highest BCUT2D eigenvalue weighted by atomic mass is 35.5. The minimum atomic E-state index is -1.51. The second kappa shape index (κ2) is 12.4. The Kier molecular flexibility index (Phi) is 9.03. The summed E-state index contributed by atoms with van der Waals surface area (Å²) in [6, 6.07) is 16.9. The van der Waals surface area contributed by atoms with Gasteiger partial charge in [0, 0.05) is 26.4 Å². The molecule has 38 heavy (non-hydrogen) atoms. The summed E-state index contributed by atoms with van der Waals surface area (Å²) in [5.74, 6) is 0.0431. The molecular formula is C26H27ClN4O5S2. The van der Waals surface area contributed by atoms with Crippen molar-refractivity contribution in [3.63, 3.8) is 0 Å². The Labute approximate surface area is 231 Å². The first-order valence-corrected chi connectivity index (χ1v) is 14.1. The van der Waals surface area contributed by atoms with Crippen LogP contribution in [0.4, 0.5) is 5.82 Å². The molecule has 2 N–H and O–H groups in total. The fourth-order valence-corrected chi connectivity index (χ4v) is 6.54. The summed E-state index contributed by atoms with van der Waals surface area (Å²) >= 11 is 7.32. The molecule has 1 atom stereocenters. The number of carboxylic acids is 1. The monoisotopic (exact) mass is 574 g/mol. The summed E-state index contributed by atoms with van der Waals surface area (Å²) in [5, 5.41) is 17.1. The minimum Gasteiger partial charge on any atom is -0.496 e. The number of nitrogens with one attached hydrogen (secondary N) is 1. The minimum absolute atomic E-state index is 0.0304. The molecule has 200 valence electrons. The first kappa shape index (κ1) is 27.6. The normalized spacial score (nSPS) is 11.9. The molecule has 0 bridgehead atoms. The molecule has 2 aromatic heterocycles. The molecule has 0 aliphatic heterocycles. The van der Waals surface area contributed by atoms with E-state index in [4.69, 9.17) is 26.5 Å². The van der Waals surface area contributed by atoms with Crippen molar-refractivity contribution in [2.45, 2.75) is 36.6 Å². The average Bonchev–Trinajstić information content (AvgIpc) is 3.50. The van der Waals surface area contributed by atoms with Crippen LogP contribution in [0.2, 0.25) is 4.34 Å². The Balaban J connectivity index is 1.56. The van der Waals surface area contributed by atoms with E-state index in [-0.39, 0.29) is 18.7 Å². The van der Waals surface area contributed by atoms with Crippen LogP contribution >= 0.6 is 22.9 Å². The Bertz CT molecular complexity index is 1490. The topological polar surface area (TPSA) is 114 Å². The van der Waals surface area contributed by atoms with Crippen molar-refractivity contribution in [3.05, 3.63) is 70.1 Å². The third-order valence-corrected chi connectivity index (χ3v) is 8.67. The van der Waals surface area contributed by atoms with Gasteiger partial charge in [-0.2, -0.15) is 5.10 Å². The highest BCUT2D eigenvalue weighted by molar-refractivity contribution is 7.88. The molecule has 4 aromatic rings. The van der Waals surface area contributed by atoms with Gasteiger partial charge in [0.1, 0.15) is 9.96 Å². The zero-order chi connectivity index (χ0) is 27.2. The van der Waals surface area contributed by atoms with Gasteiger partial charge in [-0.1, -0.05) is 41.9 Å². The number of halogens is 1. The SMILES string of the molecule is COc1cccc2c1c(N(C)S(=O)c1ccc(Cl)s1)nn2Cc1cccc(CNC(=O)CCCC(=O)O)c1. The van der Waals surface area contributed by atoms with E-state index in [0.717, 1.165) is 22.0 Å². The largest absolute Gasteiger partial charge is 0.496 e. The molecule has 1 unspecified atom stereocenters. The number of rotatable bonds is 12. The second-order valence-corrected chi connectivity index (χ2v) is 11.9. The maximum Gasteiger partial charge on any atom is 0.303 e. The smallest absolute Gasteiger partial charge is 0.303 e. The molecule has 9 nitrogen and oxygen atoms in total. The average molecular weight is 575 g/mol. The van der Waals surface area contributed by atoms with Crippen molar-refractivity contribution in [3.8, 4) is 5.75 Å². The zero-order valence-electron chi connectivity index (χ0n) is 20.8. The van der Waals surface area contributed by atoms with Crippen LogP contribution in [-0.4, -0.2) is 45.1 Å². The number of carboxylic acid groups (broad SMARTS) is 1. The third kappa shape index (κ3) is 6.53. The number of hydrogen-bond donors (Lipinski definition) is 2. The first-order chi connectivity index (χ1) is 18.3. The number of methoxy groups -OCH3 is 1. The maximum atomic E-state index is 13.3. The Hall–Kier alpha value is -3.41. The van der Waals surface area contributed by atoms with E-state index in [1.54, 1.807) is 30.6 Å². The molecule has 0 radical (unpaired) electrons. The summed E-state index contributed by atoms with van der Waals surface area (Å²) in [4.78, 5) is 22.7. The molecule has 2 heterocycles. The molecule has 2 aromatic carbocycles. The number of fused-ring (bicyclic) bond motifs is 1. The molecule has 0 aliphatic rings. The van der Waals surface area contributed by atoms with Crippen LogP contribution in [0.25, 0.3) is 10.9 Å². The van der Waals surface area contributed by atoms with Crippen molar-refractivity contribution in [1.29, 1.82) is 0 Å². The Morgan fingerprint density at radius 3 is 2.63 bits per heavy atom. The van der Waals surface area contributed by atoms with Gasteiger partial charge in [-0.15, -0.1) is 11.3 Å². The number of anilines is 1. The van der Waals surface area contributed by atoms with Gasteiger partial charge < -0.3 is 15.2 Å². The summed E-state index contributed by atoms with van der Waals surface area (Å²) in [6.45, 7) is 0.777. The highest BCUT2D eigenvalue weighted by Gasteiger charge is 2.23. The van der Waals surface area contributed by atoms with E-state index in [9.17, 15) is 13.8 Å². The van der Waals surface area contributed by atoms with Crippen LogP contribution < -0.4 is 14.4 Å². The van der Waals surface area contributed by atoms with Gasteiger partial charge in [0.15, 0.2) is 16.8 Å². The van der Waals surface area contributed by atoms with E-state index in [1.165, 1.54) is 11.3 Å². The third-order valence-electron chi connectivity index (χ3n) is 5.82. The maximum absolute atomic E-state index is 13.3. The molecule has 0 saturated heterocycles. The lowest BCUT2D eigenvalue weighted by molar-refractivity contribution is -0.137. The molecule has 0 spiro atoms. The Morgan fingerprint density at radius 2 is 1.92 bits per heavy atom. The lowest BCUT2D eigenvalue weighted by atomic mass is 10.1. The summed E-state index contributed by atoms with van der Waals surface area (Å²) < 4.78 is 23.5. The zero-order valence-corrected chi connectivity index (χ0v) is 23.2. The molecule has 12 heteroatoms. The van der Waals surface area contributed by atoms with Crippen LogP contribution in [0, 0.1) is 0 Å². The van der Waals surface area contributed by atoms with Gasteiger partial charge in [0.05, 0.1) is 28.9 Å². The number of benzene rings is 2. The number of ether oxygens (including phenoxy) is 1. The molecule has 0 saturated carbocycles. The van der Waals surface area contributed by atoms with E-state index in [2.05, 4.69) is 5.32 Å². The first-order valence-electron chi connectivity index (χ1n) is 11.8. The van der Waals surface area contributed by atoms with Gasteiger partial charge in [0.25, 0.3) is 0 Å². The van der Waals surface area contributed by atoms with Gasteiger partial charge in [-0.3, -0.25) is 18.6 Å². The summed E-state index contributed by atoms with van der Waals surface area (Å²) in [7, 11) is 1.80. The van der Waals surface area contributed by atoms with E-state index in [1.807, 2.05) is 47.1 Å². The fourth-order valence-electron chi connectivity index (χ4n) is 3.99. The van der Waals surface area contributed by atoms with Crippen LogP contribution in [0.5, 0.6) is 5.75 Å². The van der Waals surface area contributed by atoms with Crippen LogP contribution in [0.15, 0.2) is 58.8 Å². The number of amides is 1. The number of carbonyl (C=O) groups excluding carboxylic acids is 1. The second-order valence-electron chi connectivity index (χ2n) is 8.48. The standard InChI is InChI=1S/C26H27ClN4O5S2/c1-30(38(35)24-13-12-21(27)37-24)26-25-19(8-4-9-20(25)36-2)31(29-26)16-18-7-3-6-17(14-18)15-28-22(32)10-5-11-23(33)34/h3-4,6-9,12-14H,5,10-11,15-16H2,1-2H3,(H,28,32)(H,33,34). The number of carbonyl (C=O) groups is 2. The van der Waals surface area contributed by atoms with Crippen molar-refractivity contribution >= 4 is 62.5 Å². The van der Waals surface area contributed by atoms with Crippen LogP contribution in [-0.2, 0) is 33.7 Å². The number of thiophene rings is 1. The Morgan fingerprint density at radius 1 is 1.16 bits per heavy atom. The summed E-state index contributed by atoms with van der Waals surface area (Å²) in [6.07, 6.45) is 0.442. The number of hydrogen-bond acceptors (Lipinski definition) is 6. The number of aliphatic carboxylic acids is 1. The van der Waals surface area contributed by atoms with Crippen molar-refractivity contribution in [2.75, 3.05) is 18.5 Å². The van der Waals surface area contributed by atoms with Gasteiger partial charge >= 0.3 is 5.97 Å². The van der Waals surface area contributed by atoms with Gasteiger partial charge in [0.2, 0.25) is 5.91 Å². The van der Waals surface area contributed by atoms with E-state index < -0.39 is 17.0 Å².